The number of benzene rings is 4. The van der Waals surface area contributed by atoms with E-state index in [1.165, 1.54) is 22.3 Å². The molecule has 5 rings (SSSR count). The Kier molecular flexibility index (Phi) is 6.29. The fraction of sp³-hybridized carbons (Fsp3) is 0.172. The van der Waals surface area contributed by atoms with Gasteiger partial charge in [0.25, 0.3) is 0 Å². The fourth-order valence-electron chi connectivity index (χ4n) is 4.41. The summed E-state index contributed by atoms with van der Waals surface area (Å²) in [6, 6.07) is 40.4. The van der Waals surface area contributed by atoms with Crippen LogP contribution in [0.2, 0.25) is 0 Å². The van der Waals surface area contributed by atoms with Crippen molar-refractivity contribution in [2.45, 2.75) is 31.7 Å². The molecule has 3 heteroatoms. The Morgan fingerprint density at radius 2 is 1.31 bits per heavy atom. The zero-order valence-electron chi connectivity index (χ0n) is 18.1. The zero-order valence-corrected chi connectivity index (χ0v) is 18.1. The average Bonchev–Trinajstić information content (AvgIpc) is 2.86. The average molecular weight is 421 g/mol. The molecular weight excluding hydrogens is 392 g/mol. The molecule has 1 aliphatic heterocycles. The molecule has 0 amide bonds. The van der Waals surface area contributed by atoms with Crippen LogP contribution in [0.5, 0.6) is 0 Å². The van der Waals surface area contributed by atoms with Gasteiger partial charge in [0, 0.05) is 17.8 Å². The number of rotatable bonds is 6. The molecule has 4 aromatic rings. The molecular formula is C29H28N2O. The van der Waals surface area contributed by atoms with Gasteiger partial charge in [0.05, 0.1) is 6.04 Å². The summed E-state index contributed by atoms with van der Waals surface area (Å²) in [7, 11) is 0. The third-order valence-corrected chi connectivity index (χ3v) is 6.01. The van der Waals surface area contributed by atoms with Crippen LogP contribution in [0.4, 0.5) is 5.69 Å². The lowest BCUT2D eigenvalue weighted by Crippen LogP contribution is -2.41. The maximum Gasteiger partial charge on any atom is 0.148 e. The van der Waals surface area contributed by atoms with Crippen LogP contribution in [-0.2, 0) is 11.4 Å². The summed E-state index contributed by atoms with van der Waals surface area (Å²) in [6.45, 7) is 0.749. The lowest BCUT2D eigenvalue weighted by atomic mass is 9.99. The highest BCUT2D eigenvalue weighted by Crippen LogP contribution is 2.35. The molecule has 0 aliphatic carbocycles. The topological polar surface area (TPSA) is 24.5 Å². The lowest BCUT2D eigenvalue weighted by molar-refractivity contribution is -0.249. The van der Waals surface area contributed by atoms with Gasteiger partial charge in [0.2, 0.25) is 0 Å². The van der Waals surface area contributed by atoms with Gasteiger partial charge in [-0.1, -0.05) is 109 Å². The van der Waals surface area contributed by atoms with Crippen LogP contribution in [0.25, 0.3) is 11.1 Å². The van der Waals surface area contributed by atoms with E-state index < -0.39 is 0 Å². The Bertz CT molecular complexity index is 1120. The predicted molar refractivity (Wildman–Crippen MR) is 131 cm³/mol. The molecule has 0 bridgehead atoms. The van der Waals surface area contributed by atoms with E-state index in [0.29, 0.717) is 0 Å². The normalized spacial score (nSPS) is 18.9. The summed E-state index contributed by atoms with van der Waals surface area (Å²) in [5.41, 5.74) is 6.04. The molecule has 1 saturated heterocycles. The quantitative estimate of drug-likeness (QED) is 0.361. The first-order chi connectivity index (χ1) is 15.9. The number of nitrogens with one attached hydrogen (secondary N) is 1. The first kappa shape index (κ1) is 20.5. The fourth-order valence-corrected chi connectivity index (χ4v) is 4.41. The molecule has 0 spiro atoms. The van der Waals surface area contributed by atoms with Gasteiger partial charge in [-0.25, -0.2) is 0 Å². The Morgan fingerprint density at radius 3 is 2.06 bits per heavy atom. The van der Waals surface area contributed by atoms with Crippen molar-refractivity contribution in [3.8, 4) is 11.1 Å². The van der Waals surface area contributed by atoms with Crippen LogP contribution in [0.15, 0.2) is 115 Å². The maximum atomic E-state index is 6.57. The molecule has 1 N–H and O–H groups in total. The van der Waals surface area contributed by atoms with Crippen molar-refractivity contribution in [2.24, 2.45) is 0 Å². The standard InChI is InChI=1S/C29H28N2O/c1-4-12-23(13-5-1)22-31-28(25-16-8-3-9-17-25)20-21-29(32-31)30-27-19-11-10-18-26(27)24-14-6-2-7-15-24/h1-19,28-30H,20-22H2. The molecule has 2 unspecified atom stereocenters. The second-order valence-electron chi connectivity index (χ2n) is 8.21. The molecule has 3 nitrogen and oxygen atoms in total. The van der Waals surface area contributed by atoms with E-state index in [-0.39, 0.29) is 12.3 Å². The minimum atomic E-state index is -0.0801. The van der Waals surface area contributed by atoms with E-state index in [4.69, 9.17) is 4.84 Å². The molecule has 1 aliphatic rings. The van der Waals surface area contributed by atoms with Crippen molar-refractivity contribution in [1.82, 2.24) is 5.06 Å². The molecule has 1 heterocycles. The second-order valence-corrected chi connectivity index (χ2v) is 8.21. The van der Waals surface area contributed by atoms with Gasteiger partial charge in [0.15, 0.2) is 0 Å². The van der Waals surface area contributed by atoms with Crippen molar-refractivity contribution in [3.05, 3.63) is 126 Å². The van der Waals surface area contributed by atoms with Crippen molar-refractivity contribution in [3.63, 3.8) is 0 Å². The van der Waals surface area contributed by atoms with Crippen molar-refractivity contribution >= 4 is 5.69 Å². The van der Waals surface area contributed by atoms with Crippen LogP contribution < -0.4 is 5.32 Å². The number of hydrogen-bond acceptors (Lipinski definition) is 3. The number of nitrogens with zero attached hydrogens (tertiary/aromatic N) is 1. The number of hydrogen-bond donors (Lipinski definition) is 1. The predicted octanol–water partition coefficient (Wildman–Crippen LogP) is 7.06. The van der Waals surface area contributed by atoms with Gasteiger partial charge in [-0.2, -0.15) is 5.06 Å². The Balaban J connectivity index is 1.38. The molecule has 4 aromatic carbocycles. The van der Waals surface area contributed by atoms with E-state index in [1.807, 2.05) is 0 Å². The Labute approximate surface area is 190 Å². The summed E-state index contributed by atoms with van der Waals surface area (Å²) in [5, 5.41) is 5.82. The van der Waals surface area contributed by atoms with Crippen LogP contribution in [0.1, 0.15) is 30.0 Å². The first-order valence-corrected chi connectivity index (χ1v) is 11.3. The number of hydroxylamine groups is 2. The molecule has 0 saturated carbocycles. The maximum absolute atomic E-state index is 6.57. The van der Waals surface area contributed by atoms with E-state index in [0.717, 1.165) is 25.1 Å². The largest absolute Gasteiger partial charge is 0.358 e. The Morgan fingerprint density at radius 1 is 0.688 bits per heavy atom. The third-order valence-electron chi connectivity index (χ3n) is 6.01. The SMILES string of the molecule is c1ccc(CN2OC(Nc3ccccc3-c3ccccc3)CCC2c2ccccc2)cc1. The summed E-state index contributed by atoms with van der Waals surface area (Å²) < 4.78 is 0. The van der Waals surface area contributed by atoms with Gasteiger partial charge in [-0.3, -0.25) is 4.84 Å². The van der Waals surface area contributed by atoms with Crippen molar-refractivity contribution < 1.29 is 4.84 Å². The number of para-hydroxylation sites is 1. The molecule has 0 radical (unpaired) electrons. The van der Waals surface area contributed by atoms with Gasteiger partial charge in [-0.15, -0.1) is 0 Å². The highest BCUT2D eigenvalue weighted by Gasteiger charge is 2.31. The van der Waals surface area contributed by atoms with Crippen molar-refractivity contribution in [1.29, 1.82) is 0 Å². The van der Waals surface area contributed by atoms with Gasteiger partial charge in [0.1, 0.15) is 6.23 Å². The minimum Gasteiger partial charge on any atom is -0.358 e. The highest BCUT2D eigenvalue weighted by molar-refractivity contribution is 5.77. The van der Waals surface area contributed by atoms with Crippen LogP contribution in [0, 0.1) is 0 Å². The molecule has 2 atom stereocenters. The number of anilines is 1. The van der Waals surface area contributed by atoms with Crippen LogP contribution in [0.3, 0.4) is 0 Å². The first-order valence-electron chi connectivity index (χ1n) is 11.3. The highest BCUT2D eigenvalue weighted by atomic mass is 16.7. The summed E-state index contributed by atoms with van der Waals surface area (Å²) >= 11 is 0. The second kappa shape index (κ2) is 9.82. The van der Waals surface area contributed by atoms with Gasteiger partial charge < -0.3 is 5.32 Å². The monoisotopic (exact) mass is 420 g/mol. The van der Waals surface area contributed by atoms with Gasteiger partial charge >= 0.3 is 0 Å². The van der Waals surface area contributed by atoms with Gasteiger partial charge in [-0.05, 0) is 35.6 Å². The Hall–Kier alpha value is -3.40. The van der Waals surface area contributed by atoms with Crippen LogP contribution in [-0.4, -0.2) is 11.3 Å². The summed E-state index contributed by atoms with van der Waals surface area (Å²) in [4.78, 5) is 6.57. The minimum absolute atomic E-state index is 0.0801. The lowest BCUT2D eigenvalue weighted by Gasteiger charge is -2.40. The molecule has 32 heavy (non-hydrogen) atoms. The van der Waals surface area contributed by atoms with E-state index >= 15 is 0 Å². The summed E-state index contributed by atoms with van der Waals surface area (Å²) in [5.74, 6) is 0. The van der Waals surface area contributed by atoms with E-state index in [2.05, 4.69) is 126 Å². The third kappa shape index (κ3) is 4.75. The van der Waals surface area contributed by atoms with Crippen molar-refractivity contribution in [2.75, 3.05) is 5.32 Å². The molecule has 160 valence electrons. The van der Waals surface area contributed by atoms with E-state index in [1.54, 1.807) is 0 Å². The molecule has 1 fully saturated rings. The smallest absolute Gasteiger partial charge is 0.148 e. The zero-order chi connectivity index (χ0) is 21.6. The van der Waals surface area contributed by atoms with E-state index in [9.17, 15) is 0 Å². The van der Waals surface area contributed by atoms with Crippen LogP contribution >= 0.6 is 0 Å². The summed E-state index contributed by atoms with van der Waals surface area (Å²) in [6.07, 6.45) is 1.89. The molecule has 0 aromatic heterocycles.